The van der Waals surface area contributed by atoms with Gasteiger partial charge in [0, 0.05) is 18.5 Å². The molecule has 4 nitrogen and oxygen atoms in total. The van der Waals surface area contributed by atoms with Crippen molar-refractivity contribution in [3.8, 4) is 0 Å². The molecule has 1 aliphatic carbocycles. The summed E-state index contributed by atoms with van der Waals surface area (Å²) in [7, 11) is 4.13. The lowest BCUT2D eigenvalue weighted by Crippen LogP contribution is -2.50. The van der Waals surface area contributed by atoms with Crippen LogP contribution in [0.4, 0.5) is 0 Å². The van der Waals surface area contributed by atoms with Gasteiger partial charge in [0.05, 0.1) is 0 Å². The van der Waals surface area contributed by atoms with Crippen LogP contribution in [0.5, 0.6) is 0 Å². The molecule has 1 amide bonds. The highest BCUT2D eigenvalue weighted by molar-refractivity contribution is 5.77. The standard InChI is InChI=1S/C12H25N3O/c1-15(2)9-4-3-8-14-11(16)10-12(13)6-5-7-12/h3-10,13H2,1-2H3,(H,14,16). The van der Waals surface area contributed by atoms with E-state index in [1.807, 2.05) is 0 Å². The van der Waals surface area contributed by atoms with E-state index in [2.05, 4.69) is 24.3 Å². The number of hydrogen-bond donors (Lipinski definition) is 2. The second-order valence-electron chi connectivity index (χ2n) is 5.25. The highest BCUT2D eigenvalue weighted by Crippen LogP contribution is 2.31. The molecule has 94 valence electrons. The molecule has 1 aliphatic rings. The van der Waals surface area contributed by atoms with E-state index in [-0.39, 0.29) is 11.4 Å². The van der Waals surface area contributed by atoms with Crippen LogP contribution < -0.4 is 11.1 Å². The molecular weight excluding hydrogens is 202 g/mol. The maximum absolute atomic E-state index is 11.5. The van der Waals surface area contributed by atoms with Gasteiger partial charge in [-0.2, -0.15) is 0 Å². The van der Waals surface area contributed by atoms with Crippen LogP contribution in [0.2, 0.25) is 0 Å². The molecular formula is C12H25N3O. The molecule has 0 heterocycles. The van der Waals surface area contributed by atoms with Crippen LogP contribution in [0.3, 0.4) is 0 Å². The number of hydrogen-bond acceptors (Lipinski definition) is 3. The lowest BCUT2D eigenvalue weighted by molar-refractivity contribution is -0.123. The number of nitrogens with one attached hydrogen (secondary N) is 1. The minimum absolute atomic E-state index is 0.118. The summed E-state index contributed by atoms with van der Waals surface area (Å²) in [6.07, 6.45) is 5.85. The highest BCUT2D eigenvalue weighted by atomic mass is 16.1. The van der Waals surface area contributed by atoms with Gasteiger partial charge in [0.15, 0.2) is 0 Å². The Bertz CT molecular complexity index is 224. The molecule has 3 N–H and O–H groups in total. The molecule has 16 heavy (non-hydrogen) atoms. The normalized spacial score (nSPS) is 18.2. The molecule has 1 saturated carbocycles. The molecule has 0 bridgehead atoms. The molecule has 0 aromatic carbocycles. The number of nitrogens with zero attached hydrogens (tertiary/aromatic N) is 1. The Morgan fingerprint density at radius 2 is 2.06 bits per heavy atom. The minimum Gasteiger partial charge on any atom is -0.356 e. The van der Waals surface area contributed by atoms with Crippen molar-refractivity contribution in [2.75, 3.05) is 27.2 Å². The zero-order valence-corrected chi connectivity index (χ0v) is 10.6. The van der Waals surface area contributed by atoms with Crippen LogP contribution in [0.15, 0.2) is 0 Å². The van der Waals surface area contributed by atoms with E-state index in [1.54, 1.807) is 0 Å². The summed E-state index contributed by atoms with van der Waals surface area (Å²) in [4.78, 5) is 13.7. The zero-order chi connectivity index (χ0) is 12.0. The van der Waals surface area contributed by atoms with Crippen molar-refractivity contribution >= 4 is 5.91 Å². The molecule has 0 atom stereocenters. The Labute approximate surface area is 98.6 Å². The van der Waals surface area contributed by atoms with Crippen LogP contribution in [-0.4, -0.2) is 43.5 Å². The van der Waals surface area contributed by atoms with Gasteiger partial charge in [0.25, 0.3) is 0 Å². The van der Waals surface area contributed by atoms with Crippen molar-refractivity contribution < 1.29 is 4.79 Å². The molecule has 1 rings (SSSR count). The van der Waals surface area contributed by atoms with Crippen molar-refractivity contribution in [2.45, 2.75) is 44.1 Å². The minimum atomic E-state index is -0.187. The number of rotatable bonds is 7. The van der Waals surface area contributed by atoms with E-state index in [1.165, 1.54) is 6.42 Å². The average molecular weight is 227 g/mol. The average Bonchev–Trinajstić information content (AvgIpc) is 2.14. The summed E-state index contributed by atoms with van der Waals surface area (Å²) in [5.41, 5.74) is 5.82. The van der Waals surface area contributed by atoms with E-state index in [0.29, 0.717) is 6.42 Å². The van der Waals surface area contributed by atoms with Crippen molar-refractivity contribution in [3.63, 3.8) is 0 Å². The first-order valence-electron chi connectivity index (χ1n) is 6.22. The summed E-state index contributed by atoms with van der Waals surface area (Å²) in [6.45, 7) is 1.86. The Kier molecular flexibility index (Phi) is 5.22. The van der Waals surface area contributed by atoms with Crippen LogP contribution >= 0.6 is 0 Å². The van der Waals surface area contributed by atoms with Gasteiger partial charge in [-0.15, -0.1) is 0 Å². The predicted octanol–water partition coefficient (Wildman–Crippen LogP) is 0.716. The lowest BCUT2D eigenvalue weighted by Gasteiger charge is -2.37. The number of nitrogens with two attached hydrogens (primary N) is 1. The molecule has 0 radical (unpaired) electrons. The third-order valence-corrected chi connectivity index (χ3v) is 3.22. The summed E-state index contributed by atoms with van der Waals surface area (Å²) >= 11 is 0. The largest absolute Gasteiger partial charge is 0.356 e. The van der Waals surface area contributed by atoms with Gasteiger partial charge < -0.3 is 16.0 Å². The first-order chi connectivity index (χ1) is 7.52. The van der Waals surface area contributed by atoms with Crippen molar-refractivity contribution in [1.82, 2.24) is 10.2 Å². The van der Waals surface area contributed by atoms with Gasteiger partial charge in [0.1, 0.15) is 0 Å². The van der Waals surface area contributed by atoms with E-state index in [9.17, 15) is 4.79 Å². The second kappa shape index (κ2) is 6.21. The van der Waals surface area contributed by atoms with Crippen LogP contribution in [0, 0.1) is 0 Å². The van der Waals surface area contributed by atoms with E-state index in [4.69, 9.17) is 5.73 Å². The molecule has 0 saturated heterocycles. The number of carbonyl (C=O) groups excluding carboxylic acids is 1. The third kappa shape index (κ3) is 4.94. The van der Waals surface area contributed by atoms with E-state index >= 15 is 0 Å². The van der Waals surface area contributed by atoms with Crippen molar-refractivity contribution in [1.29, 1.82) is 0 Å². The molecule has 0 aliphatic heterocycles. The zero-order valence-electron chi connectivity index (χ0n) is 10.6. The smallest absolute Gasteiger partial charge is 0.221 e. The predicted molar refractivity (Wildman–Crippen MR) is 66.2 cm³/mol. The van der Waals surface area contributed by atoms with Gasteiger partial charge in [-0.1, -0.05) is 0 Å². The first-order valence-corrected chi connectivity index (χ1v) is 6.22. The Hall–Kier alpha value is -0.610. The Morgan fingerprint density at radius 1 is 1.38 bits per heavy atom. The third-order valence-electron chi connectivity index (χ3n) is 3.22. The quantitative estimate of drug-likeness (QED) is 0.630. The summed E-state index contributed by atoms with van der Waals surface area (Å²) < 4.78 is 0. The van der Waals surface area contributed by atoms with Gasteiger partial charge in [-0.3, -0.25) is 4.79 Å². The van der Waals surface area contributed by atoms with Crippen LogP contribution in [0.1, 0.15) is 38.5 Å². The van der Waals surface area contributed by atoms with Crippen LogP contribution in [0.25, 0.3) is 0 Å². The van der Waals surface area contributed by atoms with Gasteiger partial charge >= 0.3 is 0 Å². The fourth-order valence-corrected chi connectivity index (χ4v) is 1.97. The Morgan fingerprint density at radius 3 is 2.56 bits per heavy atom. The summed E-state index contributed by atoms with van der Waals surface area (Å²) in [5, 5.41) is 2.94. The number of unbranched alkanes of at least 4 members (excludes halogenated alkanes) is 1. The van der Waals surface area contributed by atoms with Gasteiger partial charge in [0.2, 0.25) is 5.91 Å². The van der Waals surface area contributed by atoms with Crippen molar-refractivity contribution in [3.05, 3.63) is 0 Å². The molecule has 1 fully saturated rings. The summed E-state index contributed by atoms with van der Waals surface area (Å²) in [5.74, 6) is 0.118. The maximum Gasteiger partial charge on any atom is 0.221 e. The number of carbonyl (C=O) groups is 1. The molecule has 0 aromatic rings. The number of amides is 1. The van der Waals surface area contributed by atoms with E-state index in [0.717, 1.165) is 38.8 Å². The fraction of sp³-hybridized carbons (Fsp3) is 0.917. The summed E-state index contributed by atoms with van der Waals surface area (Å²) in [6, 6.07) is 0. The topological polar surface area (TPSA) is 58.4 Å². The maximum atomic E-state index is 11.5. The van der Waals surface area contributed by atoms with E-state index < -0.39 is 0 Å². The molecule has 0 unspecified atom stereocenters. The second-order valence-corrected chi connectivity index (χ2v) is 5.25. The van der Waals surface area contributed by atoms with Gasteiger partial charge in [-0.05, 0) is 52.7 Å². The first kappa shape index (κ1) is 13.5. The van der Waals surface area contributed by atoms with Gasteiger partial charge in [-0.25, -0.2) is 0 Å². The SMILES string of the molecule is CN(C)CCCCNC(=O)CC1(N)CCC1. The molecule has 4 heteroatoms. The van der Waals surface area contributed by atoms with Crippen molar-refractivity contribution in [2.24, 2.45) is 5.73 Å². The highest BCUT2D eigenvalue weighted by Gasteiger charge is 2.34. The van der Waals surface area contributed by atoms with Crippen LogP contribution in [-0.2, 0) is 4.79 Å². The lowest BCUT2D eigenvalue weighted by atomic mass is 9.75. The fourth-order valence-electron chi connectivity index (χ4n) is 1.97. The monoisotopic (exact) mass is 227 g/mol. The Balaban J connectivity index is 1.98. The molecule has 0 spiro atoms. The molecule has 0 aromatic heterocycles.